The van der Waals surface area contributed by atoms with E-state index in [1.807, 2.05) is 0 Å². The largest absolute Gasteiger partial charge is 0.351 e. The number of aromatic nitrogens is 1. The minimum Gasteiger partial charge on any atom is -0.351 e. The van der Waals surface area contributed by atoms with Crippen LogP contribution in [0.25, 0.3) is 0 Å². The normalized spacial score (nSPS) is 18.2. The van der Waals surface area contributed by atoms with E-state index < -0.39 is 0 Å². The van der Waals surface area contributed by atoms with Crippen LogP contribution in [0, 0.1) is 12.3 Å². The van der Waals surface area contributed by atoms with Crippen molar-refractivity contribution in [1.29, 1.82) is 0 Å². The van der Waals surface area contributed by atoms with E-state index in [0.717, 1.165) is 12.8 Å². The third-order valence-corrected chi connectivity index (χ3v) is 3.99. The molecule has 1 heterocycles. The van der Waals surface area contributed by atoms with Gasteiger partial charge in [-0.2, -0.15) is 0 Å². The van der Waals surface area contributed by atoms with Crippen molar-refractivity contribution < 1.29 is 9.32 Å². The number of nitrogens with zero attached hydrogens (tertiary/aromatic N) is 1. The third-order valence-electron chi connectivity index (χ3n) is 3.42. The van der Waals surface area contributed by atoms with Gasteiger partial charge in [0.15, 0.2) is 0 Å². The topological polar surface area (TPSA) is 55.1 Å². The number of aryl methyl sites for hydroxylation is 1. The number of carbonyl (C=O) groups is 1. The Bertz CT molecular complexity index is 397. The van der Waals surface area contributed by atoms with Crippen LogP contribution in [0.2, 0.25) is 0 Å². The highest BCUT2D eigenvalue weighted by Crippen LogP contribution is 2.38. The lowest BCUT2D eigenvalue weighted by molar-refractivity contribution is 0.0898. The van der Waals surface area contributed by atoms with Crippen LogP contribution < -0.4 is 5.32 Å². The SMILES string of the molecule is Cc1cc(C(=O)NCC2(CCl)CCCC2)on1. The molecule has 1 amide bonds. The van der Waals surface area contributed by atoms with E-state index in [1.54, 1.807) is 13.0 Å². The van der Waals surface area contributed by atoms with Crippen LogP contribution in [0.4, 0.5) is 0 Å². The number of amides is 1. The Balaban J connectivity index is 1.91. The second-order valence-electron chi connectivity index (χ2n) is 4.86. The average molecular weight is 257 g/mol. The lowest BCUT2D eigenvalue weighted by Crippen LogP contribution is -2.37. The molecule has 1 aliphatic carbocycles. The number of alkyl halides is 1. The molecule has 5 heteroatoms. The minimum atomic E-state index is -0.206. The Kier molecular flexibility index (Phi) is 3.72. The van der Waals surface area contributed by atoms with Crippen molar-refractivity contribution in [3.8, 4) is 0 Å². The summed E-state index contributed by atoms with van der Waals surface area (Å²) >= 11 is 6.01. The first kappa shape index (κ1) is 12.4. The zero-order chi connectivity index (χ0) is 12.3. The van der Waals surface area contributed by atoms with E-state index in [4.69, 9.17) is 16.1 Å². The van der Waals surface area contributed by atoms with Gasteiger partial charge in [0, 0.05) is 23.9 Å². The molecule has 0 spiro atoms. The quantitative estimate of drug-likeness (QED) is 0.843. The predicted molar refractivity (Wildman–Crippen MR) is 65.2 cm³/mol. The van der Waals surface area contributed by atoms with E-state index in [1.165, 1.54) is 12.8 Å². The van der Waals surface area contributed by atoms with Gasteiger partial charge in [-0.25, -0.2) is 0 Å². The molecule has 1 fully saturated rings. The fourth-order valence-corrected chi connectivity index (χ4v) is 2.67. The molecule has 1 aromatic rings. The van der Waals surface area contributed by atoms with Gasteiger partial charge in [-0.15, -0.1) is 11.6 Å². The highest BCUT2D eigenvalue weighted by molar-refractivity contribution is 6.18. The van der Waals surface area contributed by atoms with Gasteiger partial charge < -0.3 is 9.84 Å². The molecule has 0 radical (unpaired) electrons. The molecule has 0 aliphatic heterocycles. The average Bonchev–Trinajstić information content (AvgIpc) is 2.95. The number of nitrogens with one attached hydrogen (secondary N) is 1. The van der Waals surface area contributed by atoms with Crippen LogP contribution in [0.5, 0.6) is 0 Å². The van der Waals surface area contributed by atoms with Crippen LogP contribution >= 0.6 is 11.6 Å². The molecule has 17 heavy (non-hydrogen) atoms. The summed E-state index contributed by atoms with van der Waals surface area (Å²) in [5, 5.41) is 6.58. The highest BCUT2D eigenvalue weighted by Gasteiger charge is 2.33. The zero-order valence-corrected chi connectivity index (χ0v) is 10.7. The molecule has 1 aromatic heterocycles. The van der Waals surface area contributed by atoms with Crippen molar-refractivity contribution in [2.24, 2.45) is 5.41 Å². The molecular formula is C12H17ClN2O2. The fraction of sp³-hybridized carbons (Fsp3) is 0.667. The van der Waals surface area contributed by atoms with Gasteiger partial charge in [-0.05, 0) is 19.8 Å². The van der Waals surface area contributed by atoms with Crippen molar-refractivity contribution in [2.75, 3.05) is 12.4 Å². The van der Waals surface area contributed by atoms with Gasteiger partial charge in [0.2, 0.25) is 5.76 Å². The van der Waals surface area contributed by atoms with E-state index in [-0.39, 0.29) is 17.1 Å². The molecular weight excluding hydrogens is 240 g/mol. The molecule has 0 atom stereocenters. The number of rotatable bonds is 4. The first-order chi connectivity index (χ1) is 8.15. The second kappa shape index (κ2) is 5.08. The zero-order valence-electron chi connectivity index (χ0n) is 9.96. The Hall–Kier alpha value is -1.03. The monoisotopic (exact) mass is 256 g/mol. The number of hydrogen-bond donors (Lipinski definition) is 1. The summed E-state index contributed by atoms with van der Waals surface area (Å²) < 4.78 is 4.91. The standard InChI is InChI=1S/C12H17ClN2O2/c1-9-6-10(17-15-9)11(16)14-8-12(7-13)4-2-3-5-12/h6H,2-5,7-8H2,1H3,(H,14,16). The number of carbonyl (C=O) groups excluding carboxylic acids is 1. The Morgan fingerprint density at radius 1 is 1.59 bits per heavy atom. The summed E-state index contributed by atoms with van der Waals surface area (Å²) in [5.74, 6) is 0.662. The molecule has 0 saturated heterocycles. The predicted octanol–water partition coefficient (Wildman–Crippen LogP) is 2.51. The molecule has 1 saturated carbocycles. The fourth-order valence-electron chi connectivity index (χ4n) is 2.31. The molecule has 1 N–H and O–H groups in total. The lowest BCUT2D eigenvalue weighted by atomic mass is 9.88. The van der Waals surface area contributed by atoms with Gasteiger partial charge in [-0.3, -0.25) is 4.79 Å². The lowest BCUT2D eigenvalue weighted by Gasteiger charge is -2.26. The molecule has 4 nitrogen and oxygen atoms in total. The first-order valence-electron chi connectivity index (χ1n) is 5.93. The van der Waals surface area contributed by atoms with Crippen LogP contribution in [0.1, 0.15) is 41.9 Å². The Labute approximate surface area is 106 Å². The van der Waals surface area contributed by atoms with Gasteiger partial charge in [0.25, 0.3) is 5.91 Å². The Morgan fingerprint density at radius 3 is 2.82 bits per heavy atom. The van der Waals surface area contributed by atoms with Gasteiger partial charge in [0.1, 0.15) is 0 Å². The highest BCUT2D eigenvalue weighted by atomic mass is 35.5. The molecule has 0 aromatic carbocycles. The first-order valence-corrected chi connectivity index (χ1v) is 6.46. The van der Waals surface area contributed by atoms with E-state index in [2.05, 4.69) is 10.5 Å². The van der Waals surface area contributed by atoms with Gasteiger partial charge in [-0.1, -0.05) is 18.0 Å². The number of hydrogen-bond acceptors (Lipinski definition) is 3. The van der Waals surface area contributed by atoms with Crippen molar-refractivity contribution >= 4 is 17.5 Å². The Morgan fingerprint density at radius 2 is 2.29 bits per heavy atom. The molecule has 0 unspecified atom stereocenters. The van der Waals surface area contributed by atoms with Crippen LogP contribution in [-0.4, -0.2) is 23.5 Å². The van der Waals surface area contributed by atoms with Crippen molar-refractivity contribution in [3.63, 3.8) is 0 Å². The van der Waals surface area contributed by atoms with Gasteiger partial charge in [0.05, 0.1) is 5.69 Å². The summed E-state index contributed by atoms with van der Waals surface area (Å²) in [6.45, 7) is 2.41. The third kappa shape index (κ3) is 2.80. The maximum Gasteiger partial charge on any atom is 0.289 e. The summed E-state index contributed by atoms with van der Waals surface area (Å²) in [5.41, 5.74) is 0.787. The number of halogens is 1. The summed E-state index contributed by atoms with van der Waals surface area (Å²) in [6, 6.07) is 1.64. The minimum absolute atomic E-state index is 0.0757. The van der Waals surface area contributed by atoms with Crippen molar-refractivity contribution in [2.45, 2.75) is 32.6 Å². The smallest absolute Gasteiger partial charge is 0.289 e. The summed E-state index contributed by atoms with van der Waals surface area (Å²) in [4.78, 5) is 11.8. The van der Waals surface area contributed by atoms with Gasteiger partial charge >= 0.3 is 0 Å². The molecule has 1 aliphatic rings. The van der Waals surface area contributed by atoms with Crippen LogP contribution in [0.3, 0.4) is 0 Å². The summed E-state index contributed by atoms with van der Waals surface area (Å²) in [7, 11) is 0. The van der Waals surface area contributed by atoms with Crippen LogP contribution in [0.15, 0.2) is 10.6 Å². The second-order valence-corrected chi connectivity index (χ2v) is 5.12. The van der Waals surface area contributed by atoms with E-state index in [0.29, 0.717) is 18.1 Å². The molecule has 94 valence electrons. The molecule has 0 bridgehead atoms. The maximum absolute atomic E-state index is 11.8. The molecule has 2 rings (SSSR count). The van der Waals surface area contributed by atoms with Crippen molar-refractivity contribution in [1.82, 2.24) is 10.5 Å². The maximum atomic E-state index is 11.8. The van der Waals surface area contributed by atoms with Crippen molar-refractivity contribution in [3.05, 3.63) is 17.5 Å². The van der Waals surface area contributed by atoms with Crippen LogP contribution in [-0.2, 0) is 0 Å². The van der Waals surface area contributed by atoms with E-state index in [9.17, 15) is 4.79 Å². The summed E-state index contributed by atoms with van der Waals surface area (Å²) in [6.07, 6.45) is 4.58. The van der Waals surface area contributed by atoms with E-state index >= 15 is 0 Å².